The van der Waals surface area contributed by atoms with Gasteiger partial charge in [0, 0.05) is 28.3 Å². The minimum Gasteiger partial charge on any atom is -0.324 e. The third-order valence-corrected chi connectivity index (χ3v) is 6.12. The summed E-state index contributed by atoms with van der Waals surface area (Å²) in [4.78, 5) is 25.1. The SMILES string of the molecule is Cc1nn(C)c2c1C1(SCC(=O)N2)C(=O)Nc2cc(Br)ccc21. The van der Waals surface area contributed by atoms with Crippen molar-refractivity contribution in [3.8, 4) is 0 Å². The second-order valence-corrected chi connectivity index (χ2v) is 7.70. The fourth-order valence-corrected chi connectivity index (χ4v) is 4.97. The van der Waals surface area contributed by atoms with E-state index in [1.54, 1.807) is 11.7 Å². The summed E-state index contributed by atoms with van der Waals surface area (Å²) < 4.78 is 1.56. The smallest absolute Gasteiger partial charge is 0.250 e. The van der Waals surface area contributed by atoms with E-state index in [1.165, 1.54) is 11.8 Å². The lowest BCUT2D eigenvalue weighted by atomic mass is 9.91. The number of aryl methyl sites for hydroxylation is 2. The average Bonchev–Trinajstić information content (AvgIpc) is 2.83. The first-order chi connectivity index (χ1) is 10.9. The van der Waals surface area contributed by atoms with Crippen molar-refractivity contribution in [2.24, 2.45) is 7.05 Å². The van der Waals surface area contributed by atoms with Crippen LogP contribution in [0, 0.1) is 6.92 Å². The first-order valence-electron chi connectivity index (χ1n) is 7.03. The zero-order valence-corrected chi connectivity index (χ0v) is 14.8. The summed E-state index contributed by atoms with van der Waals surface area (Å²) in [6.45, 7) is 1.86. The zero-order chi connectivity index (χ0) is 16.4. The molecule has 3 heterocycles. The van der Waals surface area contributed by atoms with Crippen LogP contribution in [0.4, 0.5) is 11.5 Å². The highest BCUT2D eigenvalue weighted by Gasteiger charge is 2.53. The maximum Gasteiger partial charge on any atom is 0.250 e. The Morgan fingerprint density at radius 1 is 1.35 bits per heavy atom. The van der Waals surface area contributed by atoms with Crippen LogP contribution < -0.4 is 10.6 Å². The van der Waals surface area contributed by atoms with Gasteiger partial charge in [-0.25, -0.2) is 0 Å². The summed E-state index contributed by atoms with van der Waals surface area (Å²) in [5.74, 6) is 0.527. The Balaban J connectivity index is 2.06. The van der Waals surface area contributed by atoms with Gasteiger partial charge in [-0.2, -0.15) is 5.10 Å². The van der Waals surface area contributed by atoms with Crippen molar-refractivity contribution in [1.29, 1.82) is 0 Å². The van der Waals surface area contributed by atoms with Crippen LogP contribution in [0.1, 0.15) is 16.8 Å². The fourth-order valence-electron chi connectivity index (χ4n) is 3.29. The minimum atomic E-state index is -0.955. The molecule has 1 atom stereocenters. The minimum absolute atomic E-state index is 0.130. The monoisotopic (exact) mass is 392 g/mol. The molecule has 1 aromatic heterocycles. The first kappa shape index (κ1) is 14.8. The lowest BCUT2D eigenvalue weighted by Gasteiger charge is -2.25. The molecule has 0 fully saturated rings. The van der Waals surface area contributed by atoms with Crippen LogP contribution in [0.25, 0.3) is 0 Å². The molecule has 2 N–H and O–H groups in total. The third kappa shape index (κ3) is 1.91. The Hall–Kier alpha value is -1.80. The van der Waals surface area contributed by atoms with Crippen LogP contribution in [-0.4, -0.2) is 27.3 Å². The highest BCUT2D eigenvalue weighted by Crippen LogP contribution is 2.54. The maximum atomic E-state index is 13.0. The number of nitrogens with one attached hydrogen (secondary N) is 2. The van der Waals surface area contributed by atoms with Crippen molar-refractivity contribution in [3.63, 3.8) is 0 Å². The fraction of sp³-hybridized carbons (Fsp3) is 0.267. The number of halogens is 1. The summed E-state index contributed by atoms with van der Waals surface area (Å²) in [7, 11) is 1.77. The second-order valence-electron chi connectivity index (χ2n) is 5.59. The molecule has 1 aromatic carbocycles. The number of fused-ring (bicyclic) bond motifs is 4. The molecule has 2 aliphatic heterocycles. The summed E-state index contributed by atoms with van der Waals surface area (Å²) in [5.41, 5.74) is 3.13. The number of anilines is 2. The third-order valence-electron chi connectivity index (χ3n) is 4.18. The highest BCUT2D eigenvalue weighted by molar-refractivity contribution is 9.10. The number of carbonyl (C=O) groups is 2. The van der Waals surface area contributed by atoms with E-state index in [2.05, 4.69) is 31.7 Å². The van der Waals surface area contributed by atoms with Crippen LogP contribution in [-0.2, 0) is 21.4 Å². The van der Waals surface area contributed by atoms with E-state index < -0.39 is 4.75 Å². The van der Waals surface area contributed by atoms with Gasteiger partial charge in [0.05, 0.1) is 11.4 Å². The van der Waals surface area contributed by atoms with Crippen LogP contribution in [0.5, 0.6) is 0 Å². The number of rotatable bonds is 0. The standard InChI is InChI=1S/C15H13BrN4O2S/c1-7-12-13(20(2)19-7)18-11(21)6-23-15(12)9-4-3-8(16)5-10(9)17-14(15)22/h3-5H,6H2,1-2H3,(H,17,22)(H,18,21). The molecular formula is C15H13BrN4O2S. The summed E-state index contributed by atoms with van der Waals surface area (Å²) in [6, 6.07) is 5.72. The Morgan fingerprint density at radius 3 is 2.91 bits per heavy atom. The molecule has 6 nitrogen and oxygen atoms in total. The molecule has 0 aliphatic carbocycles. The van der Waals surface area contributed by atoms with Gasteiger partial charge in [0.2, 0.25) is 11.8 Å². The average molecular weight is 393 g/mol. The molecule has 0 bridgehead atoms. The molecule has 2 aromatic rings. The molecular weight excluding hydrogens is 380 g/mol. The van der Waals surface area contributed by atoms with E-state index in [1.807, 2.05) is 25.1 Å². The molecule has 1 spiro atoms. The van der Waals surface area contributed by atoms with Crippen LogP contribution in [0.3, 0.4) is 0 Å². The topological polar surface area (TPSA) is 76.0 Å². The largest absolute Gasteiger partial charge is 0.324 e. The number of benzene rings is 1. The van der Waals surface area contributed by atoms with E-state index in [9.17, 15) is 9.59 Å². The maximum absolute atomic E-state index is 13.0. The number of hydrogen-bond acceptors (Lipinski definition) is 4. The van der Waals surface area contributed by atoms with Gasteiger partial charge in [-0.05, 0) is 19.1 Å². The van der Waals surface area contributed by atoms with Crippen molar-refractivity contribution in [1.82, 2.24) is 9.78 Å². The van der Waals surface area contributed by atoms with E-state index in [0.29, 0.717) is 5.82 Å². The van der Waals surface area contributed by atoms with Gasteiger partial charge in [0.1, 0.15) is 5.82 Å². The quantitative estimate of drug-likeness (QED) is 0.721. The van der Waals surface area contributed by atoms with E-state index in [0.717, 1.165) is 27.0 Å². The Bertz CT molecular complexity index is 879. The number of hydrogen-bond donors (Lipinski definition) is 2. The molecule has 8 heteroatoms. The molecule has 4 rings (SSSR count). The number of nitrogens with zero attached hydrogens (tertiary/aromatic N) is 2. The summed E-state index contributed by atoms with van der Waals surface area (Å²) in [5, 5.41) is 10.2. The molecule has 1 unspecified atom stereocenters. The van der Waals surface area contributed by atoms with Gasteiger partial charge < -0.3 is 10.6 Å². The molecule has 2 amide bonds. The molecule has 2 aliphatic rings. The van der Waals surface area contributed by atoms with Crippen LogP contribution in [0.15, 0.2) is 22.7 Å². The van der Waals surface area contributed by atoms with Gasteiger partial charge >= 0.3 is 0 Å². The predicted molar refractivity (Wildman–Crippen MR) is 92.6 cm³/mol. The van der Waals surface area contributed by atoms with E-state index in [-0.39, 0.29) is 17.6 Å². The van der Waals surface area contributed by atoms with E-state index in [4.69, 9.17) is 0 Å². The van der Waals surface area contributed by atoms with Crippen molar-refractivity contribution in [3.05, 3.63) is 39.5 Å². The molecule has 0 radical (unpaired) electrons. The van der Waals surface area contributed by atoms with Crippen molar-refractivity contribution in [2.75, 3.05) is 16.4 Å². The Labute approximate surface area is 145 Å². The first-order valence-corrected chi connectivity index (χ1v) is 8.80. The molecule has 0 saturated carbocycles. The summed E-state index contributed by atoms with van der Waals surface area (Å²) in [6.07, 6.45) is 0. The number of carbonyl (C=O) groups excluding carboxylic acids is 2. The number of thioether (sulfide) groups is 1. The molecule has 23 heavy (non-hydrogen) atoms. The second kappa shape index (κ2) is 4.85. The van der Waals surface area contributed by atoms with Gasteiger partial charge in [-0.1, -0.05) is 22.0 Å². The molecule has 118 valence electrons. The van der Waals surface area contributed by atoms with Crippen LogP contribution >= 0.6 is 27.7 Å². The lowest BCUT2D eigenvalue weighted by molar-refractivity contribution is -0.117. The van der Waals surface area contributed by atoms with Gasteiger partial charge in [-0.3, -0.25) is 14.3 Å². The van der Waals surface area contributed by atoms with Gasteiger partial charge in [-0.15, -0.1) is 11.8 Å². The van der Waals surface area contributed by atoms with Crippen molar-refractivity contribution >= 4 is 51.0 Å². The Morgan fingerprint density at radius 2 is 2.13 bits per heavy atom. The Kier molecular flexibility index (Phi) is 3.11. The van der Waals surface area contributed by atoms with E-state index >= 15 is 0 Å². The molecule has 0 saturated heterocycles. The van der Waals surface area contributed by atoms with Gasteiger partial charge in [0.15, 0.2) is 4.75 Å². The normalized spacial score (nSPS) is 22.4. The number of amides is 2. The van der Waals surface area contributed by atoms with Crippen molar-refractivity contribution in [2.45, 2.75) is 11.7 Å². The van der Waals surface area contributed by atoms with Crippen molar-refractivity contribution < 1.29 is 9.59 Å². The summed E-state index contributed by atoms with van der Waals surface area (Å²) >= 11 is 4.77. The zero-order valence-electron chi connectivity index (χ0n) is 12.4. The predicted octanol–water partition coefficient (Wildman–Crippen LogP) is 2.37. The lowest BCUT2D eigenvalue weighted by Crippen LogP contribution is -2.33. The highest BCUT2D eigenvalue weighted by atomic mass is 79.9. The van der Waals surface area contributed by atoms with Gasteiger partial charge in [0.25, 0.3) is 0 Å². The van der Waals surface area contributed by atoms with Crippen LogP contribution in [0.2, 0.25) is 0 Å². The number of aromatic nitrogens is 2.